The van der Waals surface area contributed by atoms with Gasteiger partial charge in [0.05, 0.1) is 10.6 Å². The van der Waals surface area contributed by atoms with Gasteiger partial charge in [0.2, 0.25) is 0 Å². The lowest BCUT2D eigenvalue weighted by molar-refractivity contribution is 0.598. The van der Waals surface area contributed by atoms with E-state index in [2.05, 4.69) is 4.40 Å². The summed E-state index contributed by atoms with van der Waals surface area (Å²) in [7, 11) is -3.75. The monoisotopic (exact) mass is 341 g/mol. The summed E-state index contributed by atoms with van der Waals surface area (Å²) < 4.78 is 29.2. The molecule has 0 spiro atoms. The molecule has 0 radical (unpaired) electrons. The minimum atomic E-state index is -3.75. The molecule has 0 saturated heterocycles. The van der Waals surface area contributed by atoms with Crippen LogP contribution in [0.4, 0.5) is 0 Å². The Labute approximate surface area is 139 Å². The number of benzene rings is 3. The van der Waals surface area contributed by atoms with E-state index >= 15 is 0 Å². The Bertz CT molecular complexity index is 1050. The van der Waals surface area contributed by atoms with Crippen LogP contribution < -0.4 is 0 Å². The Morgan fingerprint density at radius 1 is 0.913 bits per heavy atom. The van der Waals surface area contributed by atoms with Crippen LogP contribution in [-0.2, 0) is 16.4 Å². The van der Waals surface area contributed by atoms with Crippen molar-refractivity contribution in [3.05, 3.63) is 76.8 Å². The maximum absolute atomic E-state index is 12.5. The van der Waals surface area contributed by atoms with Crippen molar-refractivity contribution in [2.75, 3.05) is 0 Å². The first-order valence-electron chi connectivity index (χ1n) is 7.15. The molecule has 0 aromatic heterocycles. The van der Waals surface area contributed by atoms with Crippen LogP contribution in [0.25, 0.3) is 10.8 Å². The van der Waals surface area contributed by atoms with E-state index in [1.165, 1.54) is 12.1 Å². The molecule has 3 aromatic rings. The van der Waals surface area contributed by atoms with Gasteiger partial charge in [-0.1, -0.05) is 48.0 Å². The van der Waals surface area contributed by atoms with Crippen LogP contribution in [0.3, 0.4) is 0 Å². The highest BCUT2D eigenvalue weighted by atomic mass is 35.5. The Balaban J connectivity index is 1.85. The number of nitrogens with zero attached hydrogens (tertiary/aromatic N) is 1. The Kier molecular flexibility index (Phi) is 3.25. The van der Waals surface area contributed by atoms with Gasteiger partial charge in [-0.2, -0.15) is 12.8 Å². The zero-order chi connectivity index (χ0) is 16.0. The van der Waals surface area contributed by atoms with Gasteiger partial charge < -0.3 is 0 Å². The third kappa shape index (κ3) is 2.44. The van der Waals surface area contributed by atoms with E-state index in [1.54, 1.807) is 12.1 Å². The van der Waals surface area contributed by atoms with Crippen molar-refractivity contribution in [3.63, 3.8) is 0 Å². The lowest BCUT2D eigenvalue weighted by Gasteiger charge is -2.03. The Morgan fingerprint density at radius 3 is 2.35 bits per heavy atom. The molecule has 3 nitrogen and oxygen atoms in total. The van der Waals surface area contributed by atoms with Gasteiger partial charge in [0.1, 0.15) is 0 Å². The maximum atomic E-state index is 12.5. The third-order valence-electron chi connectivity index (χ3n) is 4.00. The number of rotatable bonds is 2. The molecule has 0 heterocycles. The van der Waals surface area contributed by atoms with E-state index in [0.29, 0.717) is 17.2 Å². The molecule has 114 valence electrons. The largest absolute Gasteiger partial charge is 0.282 e. The SMILES string of the molecule is O=S(=O)(/N=C1\Cc2cccc3cccc1c23)c1ccc(Cl)cc1. The molecular weight excluding hydrogens is 330 g/mol. The fourth-order valence-electron chi connectivity index (χ4n) is 2.97. The van der Waals surface area contributed by atoms with E-state index in [4.69, 9.17) is 11.6 Å². The van der Waals surface area contributed by atoms with Crippen molar-refractivity contribution < 1.29 is 8.42 Å². The van der Waals surface area contributed by atoms with Gasteiger partial charge in [-0.25, -0.2) is 0 Å². The molecule has 0 N–H and O–H groups in total. The van der Waals surface area contributed by atoms with Crippen molar-refractivity contribution in [3.8, 4) is 0 Å². The van der Waals surface area contributed by atoms with Crippen LogP contribution in [0.1, 0.15) is 11.1 Å². The fraction of sp³-hybridized carbons (Fsp3) is 0.0556. The molecular formula is C18H12ClNO2S. The lowest BCUT2D eigenvalue weighted by atomic mass is 10.1. The topological polar surface area (TPSA) is 46.5 Å². The molecule has 0 bridgehead atoms. The van der Waals surface area contributed by atoms with Crippen molar-refractivity contribution in [1.29, 1.82) is 0 Å². The van der Waals surface area contributed by atoms with Crippen molar-refractivity contribution in [1.82, 2.24) is 0 Å². The summed E-state index contributed by atoms with van der Waals surface area (Å²) in [6, 6.07) is 18.0. The van der Waals surface area contributed by atoms with Gasteiger partial charge in [0.25, 0.3) is 10.0 Å². The Hall–Kier alpha value is -2.17. The normalized spacial score (nSPS) is 15.4. The summed E-state index contributed by atoms with van der Waals surface area (Å²) in [6.07, 6.45) is 0.531. The molecule has 1 aliphatic rings. The second kappa shape index (κ2) is 5.18. The Morgan fingerprint density at radius 2 is 1.61 bits per heavy atom. The molecule has 4 rings (SSSR count). The zero-order valence-corrected chi connectivity index (χ0v) is 13.6. The third-order valence-corrected chi connectivity index (χ3v) is 5.58. The van der Waals surface area contributed by atoms with Crippen LogP contribution in [0.2, 0.25) is 5.02 Å². The molecule has 0 atom stereocenters. The van der Waals surface area contributed by atoms with Crippen LogP contribution in [0, 0.1) is 0 Å². The van der Waals surface area contributed by atoms with Crippen LogP contribution in [0.15, 0.2) is 70.0 Å². The van der Waals surface area contributed by atoms with Gasteiger partial charge in [-0.15, -0.1) is 0 Å². The van der Waals surface area contributed by atoms with Gasteiger partial charge in [0.15, 0.2) is 0 Å². The summed E-state index contributed by atoms with van der Waals surface area (Å²) in [5.41, 5.74) is 2.60. The second-order valence-electron chi connectivity index (χ2n) is 5.46. The highest BCUT2D eigenvalue weighted by molar-refractivity contribution is 7.90. The summed E-state index contributed by atoms with van der Waals surface area (Å²) in [6.45, 7) is 0. The highest BCUT2D eigenvalue weighted by Crippen LogP contribution is 2.32. The molecule has 23 heavy (non-hydrogen) atoms. The first-order chi connectivity index (χ1) is 11.0. The summed E-state index contributed by atoms with van der Waals surface area (Å²) in [4.78, 5) is 0.150. The minimum absolute atomic E-state index is 0.150. The van der Waals surface area contributed by atoms with Crippen LogP contribution >= 0.6 is 11.6 Å². The molecule has 0 fully saturated rings. The van der Waals surface area contributed by atoms with Gasteiger partial charge >= 0.3 is 0 Å². The minimum Gasteiger partial charge on any atom is -0.199 e. The molecule has 0 unspecified atom stereocenters. The molecule has 0 amide bonds. The molecule has 1 aliphatic carbocycles. The van der Waals surface area contributed by atoms with Crippen molar-refractivity contribution in [2.24, 2.45) is 4.40 Å². The first-order valence-corrected chi connectivity index (χ1v) is 8.97. The molecule has 0 saturated carbocycles. The van der Waals surface area contributed by atoms with E-state index in [-0.39, 0.29) is 4.90 Å². The average Bonchev–Trinajstić information content (AvgIpc) is 2.87. The first kappa shape index (κ1) is 14.4. The predicted molar refractivity (Wildman–Crippen MR) is 92.8 cm³/mol. The second-order valence-corrected chi connectivity index (χ2v) is 7.51. The molecule has 3 aromatic carbocycles. The standard InChI is InChI=1S/C18H12ClNO2S/c19-14-7-9-15(10-8-14)23(21,22)20-17-11-13-5-1-3-12-4-2-6-16(17)18(12)13/h1-10H,11H2/b20-17+. The number of hydrogen-bond donors (Lipinski definition) is 0. The summed E-state index contributed by atoms with van der Waals surface area (Å²) in [5, 5.41) is 2.70. The fourth-order valence-corrected chi connectivity index (χ4v) is 4.13. The van der Waals surface area contributed by atoms with Crippen LogP contribution in [-0.4, -0.2) is 14.1 Å². The van der Waals surface area contributed by atoms with Gasteiger partial charge in [0, 0.05) is 17.0 Å². The maximum Gasteiger partial charge on any atom is 0.282 e. The zero-order valence-electron chi connectivity index (χ0n) is 12.0. The quantitative estimate of drug-likeness (QED) is 0.700. The predicted octanol–water partition coefficient (Wildman–Crippen LogP) is 4.23. The smallest absolute Gasteiger partial charge is 0.199 e. The number of sulfonamides is 1. The summed E-state index contributed by atoms with van der Waals surface area (Å²) >= 11 is 5.82. The van der Waals surface area contributed by atoms with E-state index < -0.39 is 10.0 Å². The van der Waals surface area contributed by atoms with E-state index in [1.807, 2.05) is 36.4 Å². The summed E-state index contributed by atoms with van der Waals surface area (Å²) in [5.74, 6) is 0. The highest BCUT2D eigenvalue weighted by Gasteiger charge is 2.23. The van der Waals surface area contributed by atoms with E-state index in [0.717, 1.165) is 21.9 Å². The van der Waals surface area contributed by atoms with Gasteiger partial charge in [-0.3, -0.25) is 0 Å². The molecule has 5 heteroatoms. The molecule has 0 aliphatic heterocycles. The number of hydrogen-bond acceptors (Lipinski definition) is 2. The number of halogens is 1. The lowest BCUT2D eigenvalue weighted by Crippen LogP contribution is -2.05. The van der Waals surface area contributed by atoms with Crippen molar-refractivity contribution >= 4 is 38.1 Å². The van der Waals surface area contributed by atoms with Crippen molar-refractivity contribution in [2.45, 2.75) is 11.3 Å². The average molecular weight is 342 g/mol. The van der Waals surface area contributed by atoms with Gasteiger partial charge in [-0.05, 0) is 40.6 Å². The van der Waals surface area contributed by atoms with E-state index in [9.17, 15) is 8.42 Å². The van der Waals surface area contributed by atoms with Crippen LogP contribution in [0.5, 0.6) is 0 Å².